The lowest BCUT2D eigenvalue weighted by Gasteiger charge is -2.14. The molecule has 0 aliphatic heterocycles. The van der Waals surface area contributed by atoms with Gasteiger partial charge >= 0.3 is 5.97 Å². The smallest absolute Gasteiger partial charge is 0.306 e. The van der Waals surface area contributed by atoms with Gasteiger partial charge in [0.25, 0.3) is 11.7 Å². The van der Waals surface area contributed by atoms with E-state index in [0.717, 1.165) is 17.3 Å². The molecule has 0 fully saturated rings. The zero-order valence-corrected chi connectivity index (χ0v) is 18.5. The van der Waals surface area contributed by atoms with Crippen molar-refractivity contribution in [1.82, 2.24) is 24.9 Å². The molecule has 1 unspecified atom stereocenters. The molecule has 2 amide bonds. The van der Waals surface area contributed by atoms with E-state index in [2.05, 4.69) is 20.4 Å². The second-order valence-electron chi connectivity index (χ2n) is 7.35. The number of fused-ring (bicyclic) bond motifs is 1. The van der Waals surface area contributed by atoms with Crippen LogP contribution in [0.1, 0.15) is 30.3 Å². The van der Waals surface area contributed by atoms with E-state index in [1.54, 1.807) is 11.4 Å². The maximum atomic E-state index is 13.6. The lowest BCUT2D eigenvalue weighted by molar-refractivity contribution is -0.154. The lowest BCUT2D eigenvalue weighted by atomic mass is 10.1. The quantitative estimate of drug-likeness (QED) is 0.373. The second kappa shape index (κ2) is 10.3. The van der Waals surface area contributed by atoms with Crippen LogP contribution in [0.2, 0.25) is 0 Å². The number of aryl methyl sites for hydroxylation is 2. The number of nitrogens with zero attached hydrogens (tertiary/aromatic N) is 4. The van der Waals surface area contributed by atoms with E-state index in [0.29, 0.717) is 24.0 Å². The number of hydrogen-bond donors (Lipinski definition) is 2. The average Bonchev–Trinajstić information content (AvgIpc) is 3.26. The van der Waals surface area contributed by atoms with Crippen molar-refractivity contribution in [1.29, 1.82) is 0 Å². The molecule has 0 bridgehead atoms. The highest BCUT2D eigenvalue weighted by Gasteiger charge is 2.20. The highest BCUT2D eigenvalue weighted by Crippen LogP contribution is 2.19. The fraction of sp³-hybridized carbons (Fsp3) is 0.333. The van der Waals surface area contributed by atoms with E-state index in [-0.39, 0.29) is 6.42 Å². The number of hydrogen-bond acceptors (Lipinski definition) is 7. The number of halogens is 3. The minimum Gasteiger partial charge on any atom is -0.453 e. The Bertz CT molecular complexity index is 1260. The molecule has 2 N–H and O–H groups in total. The Balaban J connectivity index is 1.47. The van der Waals surface area contributed by atoms with Gasteiger partial charge in [-0.15, -0.1) is 0 Å². The Labute approximate surface area is 191 Å². The van der Waals surface area contributed by atoms with E-state index in [9.17, 15) is 27.6 Å². The van der Waals surface area contributed by atoms with Gasteiger partial charge in [0.2, 0.25) is 5.91 Å². The first-order chi connectivity index (χ1) is 16.1. The molecule has 180 valence electrons. The summed E-state index contributed by atoms with van der Waals surface area (Å²) in [6.45, 7) is 4.32. The molecular formula is C21H21F3N6O4. The molecule has 1 aromatic carbocycles. The molecule has 0 radical (unpaired) electrons. The van der Waals surface area contributed by atoms with Crippen molar-refractivity contribution in [2.24, 2.45) is 0 Å². The minimum atomic E-state index is -1.73. The summed E-state index contributed by atoms with van der Waals surface area (Å²) in [5.74, 6) is -6.56. The summed E-state index contributed by atoms with van der Waals surface area (Å²) < 4.78 is 46.4. The molecule has 10 nitrogen and oxygen atoms in total. The van der Waals surface area contributed by atoms with Crippen LogP contribution in [-0.2, 0) is 25.5 Å². The van der Waals surface area contributed by atoms with Gasteiger partial charge in [-0.3, -0.25) is 14.4 Å². The first-order valence-electron chi connectivity index (χ1n) is 10.1. The van der Waals surface area contributed by atoms with Crippen LogP contribution in [0.5, 0.6) is 0 Å². The number of benzene rings is 1. The average molecular weight is 478 g/mol. The fourth-order valence-electron chi connectivity index (χ4n) is 3.18. The highest BCUT2D eigenvalue weighted by atomic mass is 19.2. The van der Waals surface area contributed by atoms with Crippen LogP contribution in [0.3, 0.4) is 0 Å². The Morgan fingerprint density at radius 1 is 1.15 bits per heavy atom. The SMILES string of the molecule is Cc1nc2ncnn2c(C)c1CCC(=O)OC(C)C(=O)NCC(=O)Nc1ccc(F)c(F)c1F. The fourth-order valence-corrected chi connectivity index (χ4v) is 3.18. The van der Waals surface area contributed by atoms with Gasteiger partial charge in [0.15, 0.2) is 23.6 Å². The largest absolute Gasteiger partial charge is 0.453 e. The summed E-state index contributed by atoms with van der Waals surface area (Å²) >= 11 is 0. The first-order valence-corrected chi connectivity index (χ1v) is 10.1. The summed E-state index contributed by atoms with van der Waals surface area (Å²) in [5, 5.41) is 8.31. The van der Waals surface area contributed by atoms with E-state index in [4.69, 9.17) is 4.74 Å². The maximum Gasteiger partial charge on any atom is 0.306 e. The van der Waals surface area contributed by atoms with Crippen LogP contribution in [-0.4, -0.2) is 50.0 Å². The van der Waals surface area contributed by atoms with Crippen LogP contribution in [0.4, 0.5) is 18.9 Å². The molecule has 2 heterocycles. The van der Waals surface area contributed by atoms with Gasteiger partial charge in [-0.25, -0.2) is 22.7 Å². The molecule has 0 aliphatic carbocycles. The third kappa shape index (κ3) is 5.47. The third-order valence-corrected chi connectivity index (χ3v) is 4.98. The van der Waals surface area contributed by atoms with E-state index in [1.807, 2.05) is 12.2 Å². The molecular weight excluding hydrogens is 457 g/mol. The van der Waals surface area contributed by atoms with Crippen molar-refractivity contribution in [3.8, 4) is 0 Å². The number of rotatable bonds is 8. The number of aromatic nitrogens is 4. The van der Waals surface area contributed by atoms with E-state index >= 15 is 0 Å². The van der Waals surface area contributed by atoms with Crippen molar-refractivity contribution < 1.29 is 32.3 Å². The number of esters is 1. The number of anilines is 1. The van der Waals surface area contributed by atoms with E-state index in [1.165, 1.54) is 13.3 Å². The summed E-state index contributed by atoms with van der Waals surface area (Å²) in [4.78, 5) is 44.5. The van der Waals surface area contributed by atoms with Gasteiger partial charge in [-0.1, -0.05) is 0 Å². The van der Waals surface area contributed by atoms with Gasteiger partial charge < -0.3 is 15.4 Å². The summed E-state index contributed by atoms with van der Waals surface area (Å²) in [7, 11) is 0. The number of carbonyl (C=O) groups excluding carboxylic acids is 3. The molecule has 0 spiro atoms. The van der Waals surface area contributed by atoms with Crippen LogP contribution in [0.15, 0.2) is 18.5 Å². The predicted octanol–water partition coefficient (Wildman–Crippen LogP) is 1.78. The zero-order chi connectivity index (χ0) is 25.0. The standard InChI is InChI=1S/C21H21F3N6O4/c1-10-13(11(2)30-21(28-10)26-9-27-30)4-7-17(32)34-12(3)20(33)25-8-16(31)29-15-6-5-14(22)18(23)19(15)24/h5-6,9,12H,4,7-8H2,1-3H3,(H,25,33)(H,29,31). The van der Waals surface area contributed by atoms with Gasteiger partial charge in [0, 0.05) is 17.8 Å². The Morgan fingerprint density at radius 2 is 1.88 bits per heavy atom. The monoisotopic (exact) mass is 478 g/mol. The highest BCUT2D eigenvalue weighted by molar-refractivity contribution is 5.95. The first kappa shape index (κ1) is 24.6. The molecule has 13 heteroatoms. The van der Waals surface area contributed by atoms with Gasteiger partial charge in [-0.05, 0) is 44.9 Å². The summed E-state index contributed by atoms with van der Waals surface area (Å²) in [6.07, 6.45) is 0.438. The number of carbonyl (C=O) groups is 3. The van der Waals surface area contributed by atoms with Crippen molar-refractivity contribution in [3.05, 3.63) is 52.9 Å². The summed E-state index contributed by atoms with van der Waals surface area (Å²) in [5.41, 5.74) is 1.69. The van der Waals surface area contributed by atoms with Crippen LogP contribution in [0.25, 0.3) is 5.78 Å². The topological polar surface area (TPSA) is 128 Å². The molecule has 0 saturated heterocycles. The third-order valence-electron chi connectivity index (χ3n) is 4.98. The molecule has 3 aromatic rings. The van der Waals surface area contributed by atoms with Crippen molar-refractivity contribution in [2.45, 2.75) is 39.7 Å². The van der Waals surface area contributed by atoms with Crippen molar-refractivity contribution in [3.63, 3.8) is 0 Å². The Hall–Kier alpha value is -4.03. The number of amides is 2. The number of nitrogens with one attached hydrogen (secondary N) is 2. The second-order valence-corrected chi connectivity index (χ2v) is 7.35. The van der Waals surface area contributed by atoms with Crippen molar-refractivity contribution >= 4 is 29.2 Å². The maximum absolute atomic E-state index is 13.6. The molecule has 2 aromatic heterocycles. The molecule has 34 heavy (non-hydrogen) atoms. The number of ether oxygens (including phenoxy) is 1. The molecule has 0 aliphatic rings. The molecule has 3 rings (SSSR count). The zero-order valence-electron chi connectivity index (χ0n) is 18.5. The van der Waals surface area contributed by atoms with Gasteiger partial charge in [0.05, 0.1) is 12.2 Å². The van der Waals surface area contributed by atoms with Crippen LogP contribution in [0, 0.1) is 31.3 Å². The summed E-state index contributed by atoms with van der Waals surface area (Å²) in [6, 6.07) is 1.49. The van der Waals surface area contributed by atoms with Crippen LogP contribution >= 0.6 is 0 Å². The molecule has 0 saturated carbocycles. The van der Waals surface area contributed by atoms with Gasteiger partial charge in [0.1, 0.15) is 6.33 Å². The Morgan fingerprint density at radius 3 is 2.62 bits per heavy atom. The van der Waals surface area contributed by atoms with E-state index < -0.39 is 53.6 Å². The van der Waals surface area contributed by atoms with Crippen molar-refractivity contribution in [2.75, 3.05) is 11.9 Å². The minimum absolute atomic E-state index is 0.0307. The predicted molar refractivity (Wildman–Crippen MR) is 112 cm³/mol. The molecule has 1 atom stereocenters. The lowest BCUT2D eigenvalue weighted by Crippen LogP contribution is -2.40. The Kier molecular flexibility index (Phi) is 7.44. The van der Waals surface area contributed by atoms with Gasteiger partial charge in [-0.2, -0.15) is 10.1 Å². The van der Waals surface area contributed by atoms with Crippen LogP contribution < -0.4 is 10.6 Å². The normalized spacial score (nSPS) is 11.8.